The fraction of sp³-hybridized carbons (Fsp3) is 0.211. The number of pyridine rings is 1. The van der Waals surface area contributed by atoms with Crippen LogP contribution in [0.2, 0.25) is 0 Å². The molecule has 4 aromatic rings. The third-order valence-electron chi connectivity index (χ3n) is 4.61. The van der Waals surface area contributed by atoms with E-state index in [0.29, 0.717) is 17.3 Å². The van der Waals surface area contributed by atoms with E-state index in [1.54, 1.807) is 23.2 Å². The van der Waals surface area contributed by atoms with Crippen LogP contribution in [0.25, 0.3) is 22.3 Å². The second-order valence-corrected chi connectivity index (χ2v) is 6.81. The number of fused-ring (bicyclic) bond motifs is 1. The van der Waals surface area contributed by atoms with Gasteiger partial charge in [-0.25, -0.2) is 4.68 Å². The Morgan fingerprint density at radius 1 is 1.19 bits per heavy atom. The first-order valence-electron chi connectivity index (χ1n) is 9.13. The summed E-state index contributed by atoms with van der Waals surface area (Å²) in [7, 11) is 1.72. The average Bonchev–Trinajstić information content (AvgIpc) is 3.35. The number of nitrogens with one attached hydrogen (secondary N) is 3. The number of nitrogens with zero attached hydrogens (tertiary/aromatic N) is 5. The number of carbonyl (C=O) groups excluding carboxylic acids is 1. The number of aromatic amines is 1. The van der Waals surface area contributed by atoms with E-state index in [4.69, 9.17) is 0 Å². The first-order valence-corrected chi connectivity index (χ1v) is 9.13. The Morgan fingerprint density at radius 2 is 2.00 bits per heavy atom. The minimum Gasteiger partial charge on any atom is -0.342 e. The summed E-state index contributed by atoms with van der Waals surface area (Å²) >= 11 is 0. The van der Waals surface area contributed by atoms with Gasteiger partial charge in [-0.1, -0.05) is 0 Å². The molecule has 0 atom stereocenters. The summed E-state index contributed by atoms with van der Waals surface area (Å²) in [5.41, 5.74) is 3.13. The third-order valence-corrected chi connectivity index (χ3v) is 4.61. The number of H-pyrrole nitrogens is 1. The molecule has 0 spiro atoms. The van der Waals surface area contributed by atoms with Crippen LogP contribution in [0, 0.1) is 6.92 Å². The molecule has 3 N–H and O–H groups in total. The molecule has 3 aromatic heterocycles. The van der Waals surface area contributed by atoms with E-state index in [9.17, 15) is 18.0 Å². The summed E-state index contributed by atoms with van der Waals surface area (Å²) in [6.07, 6.45) is -1.40. The van der Waals surface area contributed by atoms with E-state index in [2.05, 4.69) is 30.6 Å². The van der Waals surface area contributed by atoms with Crippen molar-refractivity contribution in [2.45, 2.75) is 13.1 Å². The summed E-state index contributed by atoms with van der Waals surface area (Å²) in [5, 5.41) is 17.3. The van der Waals surface area contributed by atoms with Gasteiger partial charge < -0.3 is 10.6 Å². The van der Waals surface area contributed by atoms with E-state index in [0.717, 1.165) is 22.2 Å². The van der Waals surface area contributed by atoms with E-state index in [1.165, 1.54) is 18.3 Å². The van der Waals surface area contributed by atoms with Crippen LogP contribution < -0.4 is 10.6 Å². The van der Waals surface area contributed by atoms with Crippen molar-refractivity contribution in [2.75, 3.05) is 11.9 Å². The van der Waals surface area contributed by atoms with Gasteiger partial charge in [0.2, 0.25) is 5.95 Å². The highest BCUT2D eigenvalue weighted by Gasteiger charge is 2.28. The van der Waals surface area contributed by atoms with Crippen LogP contribution in [0.4, 0.5) is 24.8 Å². The topological polar surface area (TPSA) is 113 Å². The molecule has 0 fully saturated rings. The lowest BCUT2D eigenvalue weighted by molar-refractivity contribution is -0.123. The van der Waals surface area contributed by atoms with Crippen molar-refractivity contribution in [2.24, 2.45) is 7.05 Å². The Balaban J connectivity index is 1.52. The molecule has 0 radical (unpaired) electrons. The molecule has 0 saturated carbocycles. The Morgan fingerprint density at radius 3 is 2.71 bits per heavy atom. The summed E-state index contributed by atoms with van der Waals surface area (Å²) in [6.45, 7) is 0.542. The second kappa shape index (κ2) is 7.70. The molecule has 0 aliphatic rings. The summed E-state index contributed by atoms with van der Waals surface area (Å²) < 4.78 is 38.3. The minimum absolute atomic E-state index is 0.133. The van der Waals surface area contributed by atoms with Crippen molar-refractivity contribution < 1.29 is 18.0 Å². The number of carbonyl (C=O) groups is 1. The van der Waals surface area contributed by atoms with E-state index < -0.39 is 18.6 Å². The molecule has 1 amide bonds. The summed E-state index contributed by atoms with van der Waals surface area (Å²) in [6, 6.07) is 6.65. The van der Waals surface area contributed by atoms with Gasteiger partial charge in [-0.3, -0.25) is 14.9 Å². The summed E-state index contributed by atoms with van der Waals surface area (Å²) in [5.74, 6) is -0.0833. The predicted molar refractivity (Wildman–Crippen MR) is 107 cm³/mol. The predicted octanol–water partition coefficient (Wildman–Crippen LogP) is 3.10. The van der Waals surface area contributed by atoms with Crippen LogP contribution in [-0.4, -0.2) is 48.6 Å². The van der Waals surface area contributed by atoms with Gasteiger partial charge in [-0.2, -0.15) is 23.3 Å². The highest BCUT2D eigenvalue weighted by Crippen LogP contribution is 2.27. The molecule has 12 heteroatoms. The zero-order valence-corrected chi connectivity index (χ0v) is 16.4. The normalized spacial score (nSPS) is 11.6. The minimum atomic E-state index is -4.49. The van der Waals surface area contributed by atoms with Crippen molar-refractivity contribution in [1.29, 1.82) is 0 Å². The first kappa shape index (κ1) is 20.3. The second-order valence-electron chi connectivity index (χ2n) is 6.81. The molecule has 1 aromatic carbocycles. The van der Waals surface area contributed by atoms with Crippen molar-refractivity contribution in [3.63, 3.8) is 0 Å². The molecule has 3 heterocycles. The van der Waals surface area contributed by atoms with Crippen LogP contribution in [0.15, 0.2) is 36.7 Å². The van der Waals surface area contributed by atoms with Gasteiger partial charge in [0, 0.05) is 29.9 Å². The van der Waals surface area contributed by atoms with Crippen LogP contribution in [-0.2, 0) is 7.05 Å². The molecule has 31 heavy (non-hydrogen) atoms. The smallest absolute Gasteiger partial charge is 0.342 e. The number of rotatable bonds is 5. The number of amides is 1. The van der Waals surface area contributed by atoms with Gasteiger partial charge in [-0.15, -0.1) is 5.10 Å². The van der Waals surface area contributed by atoms with Crippen LogP contribution in [0.1, 0.15) is 16.1 Å². The van der Waals surface area contributed by atoms with Gasteiger partial charge >= 0.3 is 6.18 Å². The fourth-order valence-electron chi connectivity index (χ4n) is 2.96. The zero-order valence-electron chi connectivity index (χ0n) is 16.4. The van der Waals surface area contributed by atoms with Gasteiger partial charge in [-0.05, 0) is 36.8 Å². The van der Waals surface area contributed by atoms with E-state index in [-0.39, 0.29) is 5.69 Å². The fourth-order valence-corrected chi connectivity index (χ4v) is 2.96. The lowest BCUT2D eigenvalue weighted by Gasteiger charge is -2.08. The number of aryl methyl sites for hydroxylation is 2. The van der Waals surface area contributed by atoms with Gasteiger partial charge in [0.05, 0.1) is 11.7 Å². The number of hydrogen-bond donors (Lipinski definition) is 3. The molecule has 0 aliphatic carbocycles. The highest BCUT2D eigenvalue weighted by atomic mass is 19.4. The molecular formula is C19H17F3N8O. The maximum Gasteiger partial charge on any atom is 0.405 e. The molecular weight excluding hydrogens is 413 g/mol. The Bertz CT molecular complexity index is 1240. The number of alkyl halides is 3. The largest absolute Gasteiger partial charge is 0.405 e. The zero-order chi connectivity index (χ0) is 22.2. The molecule has 0 bridgehead atoms. The number of halogens is 3. The Kier molecular flexibility index (Phi) is 5.05. The van der Waals surface area contributed by atoms with Gasteiger partial charge in [0.1, 0.15) is 12.2 Å². The lowest BCUT2D eigenvalue weighted by atomic mass is 10.1. The molecule has 9 nitrogen and oxygen atoms in total. The number of aromatic nitrogens is 6. The first-order chi connectivity index (χ1) is 14.7. The molecule has 0 aliphatic heterocycles. The summed E-state index contributed by atoms with van der Waals surface area (Å²) in [4.78, 5) is 20.2. The molecule has 4 rings (SSSR count). The van der Waals surface area contributed by atoms with Crippen molar-refractivity contribution >= 4 is 28.4 Å². The average molecular weight is 430 g/mol. The quantitative estimate of drug-likeness (QED) is 0.448. The van der Waals surface area contributed by atoms with E-state index in [1.807, 2.05) is 19.1 Å². The van der Waals surface area contributed by atoms with Crippen molar-refractivity contribution in [3.8, 4) is 11.4 Å². The van der Waals surface area contributed by atoms with Crippen molar-refractivity contribution in [1.82, 2.24) is 35.3 Å². The number of anilines is 2. The molecule has 0 unspecified atom stereocenters. The van der Waals surface area contributed by atoms with Crippen LogP contribution in [0.3, 0.4) is 0 Å². The number of hydrogen-bond acceptors (Lipinski definition) is 6. The lowest BCUT2D eigenvalue weighted by Crippen LogP contribution is -2.34. The molecule has 0 saturated heterocycles. The van der Waals surface area contributed by atoms with Crippen LogP contribution in [0.5, 0.6) is 0 Å². The van der Waals surface area contributed by atoms with Gasteiger partial charge in [0.25, 0.3) is 5.91 Å². The molecule has 160 valence electrons. The maximum atomic E-state index is 12.2. The van der Waals surface area contributed by atoms with E-state index >= 15 is 0 Å². The van der Waals surface area contributed by atoms with Gasteiger partial charge in [0.15, 0.2) is 5.82 Å². The Labute approximate surface area is 173 Å². The van der Waals surface area contributed by atoms with Crippen molar-refractivity contribution in [3.05, 3.63) is 47.9 Å². The SMILES string of the molecule is Cc1c(Nc2nc(-c3ccc(C(=O)NCC(F)(F)F)nc3)nn2C)ccc2[nH]ncc12. The maximum absolute atomic E-state index is 12.2. The standard InChI is InChI=1S/C19H17F3N8O/c1-10-12-8-25-28-14(12)6-5-13(10)26-18-27-16(29-30(18)2)11-3-4-15(23-7-11)17(31)24-9-19(20,21)22/h3-8H,9H2,1-2H3,(H,24,31)(H,25,28)(H,26,27,29). The monoisotopic (exact) mass is 430 g/mol. The Hall–Kier alpha value is -3.96. The third kappa shape index (κ3) is 4.32. The highest BCUT2D eigenvalue weighted by molar-refractivity contribution is 5.92. The number of benzene rings is 1. The van der Waals surface area contributed by atoms with Crippen LogP contribution >= 0.6 is 0 Å².